The molecule has 0 aromatic carbocycles. The van der Waals surface area contributed by atoms with Crippen LogP contribution in [0.5, 0.6) is 0 Å². The minimum absolute atomic E-state index is 0.248. The summed E-state index contributed by atoms with van der Waals surface area (Å²) >= 11 is 6.50. The fourth-order valence-corrected chi connectivity index (χ4v) is 4.41. The van der Waals surface area contributed by atoms with Gasteiger partial charge in [0, 0.05) is 30.2 Å². The molecule has 33 heavy (non-hydrogen) atoms. The maximum Gasteiger partial charge on any atom is 0.411 e. The summed E-state index contributed by atoms with van der Waals surface area (Å²) in [7, 11) is 0. The highest BCUT2D eigenvalue weighted by Crippen LogP contribution is 2.43. The van der Waals surface area contributed by atoms with Crippen molar-refractivity contribution in [3.8, 4) is 0 Å². The standard InChI is InChI=1S/C25H28ClN5O2/c1-25(2,3)33-24(32)31-21(10-5-11-22(31)23-19(26)8-6-13-28-23)20-9-4-7-18(30-20)15-17-12-14-27-16-29-17/h4,6-9,12-14,16,21-22H,5,10-11,15H2,1-3H3/t21-,22+/m1/s1. The molecule has 0 unspecified atom stereocenters. The van der Waals surface area contributed by atoms with Crippen LogP contribution in [-0.4, -0.2) is 36.5 Å². The maximum atomic E-state index is 13.5. The molecule has 1 aliphatic heterocycles. The second-order valence-corrected chi connectivity index (χ2v) is 9.56. The Morgan fingerprint density at radius 1 is 1.06 bits per heavy atom. The smallest absolute Gasteiger partial charge is 0.411 e. The summed E-state index contributed by atoms with van der Waals surface area (Å²) in [5.41, 5.74) is 2.66. The zero-order valence-corrected chi connectivity index (χ0v) is 19.9. The molecule has 0 bridgehead atoms. The molecule has 3 aromatic rings. The molecule has 0 spiro atoms. The van der Waals surface area contributed by atoms with Gasteiger partial charge < -0.3 is 4.74 Å². The highest BCUT2D eigenvalue weighted by molar-refractivity contribution is 6.31. The second-order valence-electron chi connectivity index (χ2n) is 9.15. The summed E-state index contributed by atoms with van der Waals surface area (Å²) in [4.78, 5) is 32.9. The van der Waals surface area contributed by atoms with E-state index in [1.807, 2.05) is 45.0 Å². The number of carbonyl (C=O) groups excluding carboxylic acids is 1. The number of likely N-dealkylation sites (tertiary alicyclic amines) is 1. The zero-order valence-electron chi connectivity index (χ0n) is 19.1. The number of piperidine rings is 1. The first-order chi connectivity index (χ1) is 15.8. The molecular formula is C25H28ClN5O2. The lowest BCUT2D eigenvalue weighted by atomic mass is 9.91. The summed E-state index contributed by atoms with van der Waals surface area (Å²) in [5, 5.41) is 0.544. The first-order valence-corrected chi connectivity index (χ1v) is 11.5. The Balaban J connectivity index is 1.70. The number of pyridine rings is 2. The number of aromatic nitrogens is 4. The Morgan fingerprint density at radius 2 is 1.88 bits per heavy atom. The van der Waals surface area contributed by atoms with Gasteiger partial charge in [-0.2, -0.15) is 0 Å². The number of carbonyl (C=O) groups is 1. The molecular weight excluding hydrogens is 438 g/mol. The molecule has 0 saturated carbocycles. The van der Waals surface area contributed by atoms with Crippen molar-refractivity contribution < 1.29 is 9.53 Å². The highest BCUT2D eigenvalue weighted by Gasteiger charge is 2.40. The van der Waals surface area contributed by atoms with E-state index in [0.717, 1.165) is 36.3 Å². The Kier molecular flexibility index (Phi) is 6.88. The monoisotopic (exact) mass is 465 g/mol. The van der Waals surface area contributed by atoms with Gasteiger partial charge in [-0.05, 0) is 70.4 Å². The molecule has 4 heterocycles. The molecule has 0 radical (unpaired) electrons. The van der Waals surface area contributed by atoms with Crippen LogP contribution in [0, 0.1) is 0 Å². The third-order valence-electron chi connectivity index (χ3n) is 5.51. The molecule has 1 aliphatic rings. The van der Waals surface area contributed by atoms with Crippen LogP contribution in [0.3, 0.4) is 0 Å². The third kappa shape index (κ3) is 5.66. The van der Waals surface area contributed by atoms with Gasteiger partial charge in [0.25, 0.3) is 0 Å². The molecule has 7 nitrogen and oxygen atoms in total. The normalized spacial score (nSPS) is 18.7. The van der Waals surface area contributed by atoms with E-state index in [0.29, 0.717) is 17.1 Å². The number of amides is 1. The van der Waals surface area contributed by atoms with E-state index < -0.39 is 5.60 Å². The van der Waals surface area contributed by atoms with Crippen molar-refractivity contribution in [3.63, 3.8) is 0 Å². The number of hydrogen-bond donors (Lipinski definition) is 0. The number of ether oxygens (including phenoxy) is 1. The van der Waals surface area contributed by atoms with Crippen molar-refractivity contribution in [1.29, 1.82) is 0 Å². The van der Waals surface area contributed by atoms with Crippen LogP contribution < -0.4 is 0 Å². The van der Waals surface area contributed by atoms with Crippen LogP contribution >= 0.6 is 11.6 Å². The lowest BCUT2D eigenvalue weighted by molar-refractivity contribution is -0.00795. The fraction of sp³-hybridized carbons (Fsp3) is 0.400. The van der Waals surface area contributed by atoms with E-state index >= 15 is 0 Å². The molecule has 1 amide bonds. The maximum absolute atomic E-state index is 13.5. The van der Waals surface area contributed by atoms with Gasteiger partial charge in [0.15, 0.2) is 0 Å². The molecule has 0 aliphatic carbocycles. The van der Waals surface area contributed by atoms with Crippen molar-refractivity contribution in [2.24, 2.45) is 0 Å². The van der Waals surface area contributed by atoms with Gasteiger partial charge in [0.05, 0.1) is 28.5 Å². The summed E-state index contributed by atoms with van der Waals surface area (Å²) in [6.07, 6.45) is 7.62. The quantitative estimate of drug-likeness (QED) is 0.490. The van der Waals surface area contributed by atoms with E-state index in [4.69, 9.17) is 21.3 Å². The Hall–Kier alpha value is -3.06. The molecule has 1 fully saturated rings. The van der Waals surface area contributed by atoms with Gasteiger partial charge in [-0.25, -0.2) is 14.8 Å². The summed E-state index contributed by atoms with van der Waals surface area (Å²) in [6.45, 7) is 5.60. The van der Waals surface area contributed by atoms with Crippen molar-refractivity contribution in [3.05, 3.63) is 82.9 Å². The Labute approximate surface area is 199 Å². The number of nitrogens with zero attached hydrogens (tertiary/aromatic N) is 5. The van der Waals surface area contributed by atoms with Crippen LogP contribution in [0.15, 0.2) is 55.1 Å². The first-order valence-electron chi connectivity index (χ1n) is 11.1. The summed E-state index contributed by atoms with van der Waals surface area (Å²) < 4.78 is 5.82. The fourth-order valence-electron chi connectivity index (χ4n) is 4.16. The Morgan fingerprint density at radius 3 is 2.61 bits per heavy atom. The Bertz CT molecular complexity index is 1100. The number of rotatable bonds is 4. The molecule has 4 rings (SSSR count). The van der Waals surface area contributed by atoms with Gasteiger partial charge >= 0.3 is 6.09 Å². The van der Waals surface area contributed by atoms with Crippen LogP contribution in [0.1, 0.15) is 74.9 Å². The second kappa shape index (κ2) is 9.83. The van der Waals surface area contributed by atoms with Crippen molar-refractivity contribution in [2.45, 2.75) is 64.1 Å². The number of halogens is 1. The topological polar surface area (TPSA) is 81.1 Å². The molecule has 8 heteroatoms. The van der Waals surface area contributed by atoms with Crippen molar-refractivity contribution in [1.82, 2.24) is 24.8 Å². The van der Waals surface area contributed by atoms with Crippen molar-refractivity contribution >= 4 is 17.7 Å². The van der Waals surface area contributed by atoms with E-state index in [-0.39, 0.29) is 18.2 Å². The summed E-state index contributed by atoms with van der Waals surface area (Å²) in [5.74, 6) is 0. The predicted molar refractivity (Wildman–Crippen MR) is 126 cm³/mol. The lowest BCUT2D eigenvalue weighted by Gasteiger charge is -2.42. The molecule has 3 aromatic heterocycles. The van der Waals surface area contributed by atoms with Gasteiger partial charge in [-0.3, -0.25) is 14.9 Å². The van der Waals surface area contributed by atoms with E-state index in [1.165, 1.54) is 6.33 Å². The minimum Gasteiger partial charge on any atom is -0.444 e. The van der Waals surface area contributed by atoms with Gasteiger partial charge in [-0.1, -0.05) is 17.7 Å². The first kappa shape index (κ1) is 23.1. The van der Waals surface area contributed by atoms with Gasteiger partial charge in [-0.15, -0.1) is 0 Å². The van der Waals surface area contributed by atoms with E-state index in [9.17, 15) is 4.79 Å². The predicted octanol–water partition coefficient (Wildman–Crippen LogP) is 5.71. The van der Waals surface area contributed by atoms with Gasteiger partial charge in [0.1, 0.15) is 11.9 Å². The van der Waals surface area contributed by atoms with Crippen LogP contribution in [0.2, 0.25) is 5.02 Å². The molecule has 1 saturated heterocycles. The average Bonchev–Trinajstić information content (AvgIpc) is 2.79. The van der Waals surface area contributed by atoms with Gasteiger partial charge in [0.2, 0.25) is 0 Å². The molecule has 2 atom stereocenters. The SMILES string of the molecule is CC(C)(C)OC(=O)N1[C@@H](c2cccc(Cc3ccncn3)n2)CCC[C@H]1c1ncccc1Cl. The van der Waals surface area contributed by atoms with Crippen molar-refractivity contribution in [2.75, 3.05) is 0 Å². The van der Waals surface area contributed by atoms with Crippen LogP contribution in [0.4, 0.5) is 4.79 Å². The molecule has 0 N–H and O–H groups in total. The largest absolute Gasteiger partial charge is 0.444 e. The minimum atomic E-state index is -0.625. The van der Waals surface area contributed by atoms with Crippen LogP contribution in [-0.2, 0) is 11.2 Å². The summed E-state index contributed by atoms with van der Waals surface area (Å²) in [6, 6.07) is 10.9. The van der Waals surface area contributed by atoms with E-state index in [1.54, 1.807) is 29.4 Å². The molecule has 172 valence electrons. The number of hydrogen-bond acceptors (Lipinski definition) is 6. The lowest BCUT2D eigenvalue weighted by Crippen LogP contribution is -2.44. The average molecular weight is 466 g/mol. The third-order valence-corrected chi connectivity index (χ3v) is 5.83. The van der Waals surface area contributed by atoms with Crippen LogP contribution in [0.25, 0.3) is 0 Å². The highest BCUT2D eigenvalue weighted by atomic mass is 35.5. The zero-order chi connectivity index (χ0) is 23.4. The van der Waals surface area contributed by atoms with E-state index in [2.05, 4.69) is 15.0 Å².